The summed E-state index contributed by atoms with van der Waals surface area (Å²) >= 11 is 1.15. The van der Waals surface area contributed by atoms with Gasteiger partial charge in [-0.25, -0.2) is 9.78 Å². The van der Waals surface area contributed by atoms with Crippen LogP contribution in [0.3, 0.4) is 0 Å². The predicted octanol–water partition coefficient (Wildman–Crippen LogP) is 1.43. The molecular weight excluding hydrogens is 376 g/mol. The number of hydrogen-bond donors (Lipinski definition) is 1. The molecule has 1 aromatic heterocycles. The van der Waals surface area contributed by atoms with Crippen molar-refractivity contribution >= 4 is 34.3 Å². The first-order chi connectivity index (χ1) is 13.0. The zero-order chi connectivity index (χ0) is 19.2. The maximum atomic E-state index is 12.1. The van der Waals surface area contributed by atoms with Gasteiger partial charge in [0, 0.05) is 5.38 Å². The number of ether oxygens (including phenoxy) is 4. The summed E-state index contributed by atoms with van der Waals surface area (Å²) < 4.78 is 20.3. The minimum absolute atomic E-state index is 0.0158. The van der Waals surface area contributed by atoms with Gasteiger partial charge in [-0.05, 0) is 18.2 Å². The third kappa shape index (κ3) is 4.94. The Morgan fingerprint density at radius 1 is 1.22 bits per heavy atom. The second-order valence-corrected chi connectivity index (χ2v) is 6.24. The molecule has 2 heterocycles. The quantitative estimate of drug-likeness (QED) is 0.735. The average molecular weight is 392 g/mol. The number of aromatic nitrogens is 1. The van der Waals surface area contributed by atoms with Gasteiger partial charge >= 0.3 is 11.9 Å². The number of anilines is 1. The number of fused-ring (bicyclic) bond motifs is 1. The highest BCUT2D eigenvalue weighted by Gasteiger charge is 2.17. The maximum Gasteiger partial charge on any atom is 0.338 e. The molecule has 0 atom stereocenters. The highest BCUT2D eigenvalue weighted by Crippen LogP contribution is 2.30. The van der Waals surface area contributed by atoms with E-state index in [0.717, 1.165) is 11.3 Å². The molecule has 1 aliphatic heterocycles. The zero-order valence-electron chi connectivity index (χ0n) is 14.4. The first-order valence-electron chi connectivity index (χ1n) is 7.93. The molecule has 0 aliphatic carbocycles. The number of carbonyl (C=O) groups excluding carboxylic acids is 3. The number of benzene rings is 1. The standard InChI is InChI=1S/C17H16N2O7S/c1-23-15(21)7-11-9-27-17(18-11)19-14(20)8-26-16(22)10-2-3-12-13(6-10)25-5-4-24-12/h2-3,6,9H,4-5,7-8H2,1H3,(H,18,19,20). The van der Waals surface area contributed by atoms with Crippen LogP contribution in [0.15, 0.2) is 23.6 Å². The third-order valence-corrected chi connectivity index (χ3v) is 4.27. The molecule has 0 saturated carbocycles. The molecule has 3 rings (SSSR count). The average Bonchev–Trinajstić information content (AvgIpc) is 3.12. The van der Waals surface area contributed by atoms with Gasteiger partial charge in [-0.15, -0.1) is 11.3 Å². The first kappa shape index (κ1) is 18.6. The van der Waals surface area contributed by atoms with E-state index < -0.39 is 24.5 Å². The van der Waals surface area contributed by atoms with Crippen molar-refractivity contribution < 1.29 is 33.3 Å². The van der Waals surface area contributed by atoms with Crippen molar-refractivity contribution in [2.24, 2.45) is 0 Å². The number of nitrogens with zero attached hydrogens (tertiary/aromatic N) is 1. The number of hydrogen-bond acceptors (Lipinski definition) is 9. The molecule has 2 aromatic rings. The van der Waals surface area contributed by atoms with E-state index in [0.29, 0.717) is 35.5 Å². The molecule has 0 radical (unpaired) electrons. The minimum Gasteiger partial charge on any atom is -0.486 e. The second kappa shape index (κ2) is 8.49. The molecule has 0 bridgehead atoms. The fourth-order valence-corrected chi connectivity index (χ4v) is 2.93. The van der Waals surface area contributed by atoms with Crippen molar-refractivity contribution in [3.8, 4) is 11.5 Å². The molecule has 142 valence electrons. The van der Waals surface area contributed by atoms with Crippen LogP contribution in [0.25, 0.3) is 0 Å². The summed E-state index contributed by atoms with van der Waals surface area (Å²) in [6.45, 7) is 0.383. The Labute approximate surface area is 158 Å². The van der Waals surface area contributed by atoms with Crippen molar-refractivity contribution in [1.82, 2.24) is 4.98 Å². The van der Waals surface area contributed by atoms with E-state index in [1.54, 1.807) is 11.4 Å². The molecule has 1 amide bonds. The van der Waals surface area contributed by atoms with Gasteiger partial charge in [0.15, 0.2) is 23.2 Å². The van der Waals surface area contributed by atoms with Crippen LogP contribution in [-0.4, -0.2) is 49.8 Å². The molecule has 0 saturated heterocycles. The van der Waals surface area contributed by atoms with Crippen molar-refractivity contribution in [2.75, 3.05) is 32.2 Å². The molecular formula is C17H16N2O7S. The minimum atomic E-state index is -0.660. The van der Waals surface area contributed by atoms with E-state index in [1.165, 1.54) is 19.2 Å². The highest BCUT2D eigenvalue weighted by molar-refractivity contribution is 7.13. The fraction of sp³-hybridized carbons (Fsp3) is 0.294. The first-order valence-corrected chi connectivity index (χ1v) is 8.81. The summed E-state index contributed by atoms with van der Waals surface area (Å²) in [4.78, 5) is 39.3. The second-order valence-electron chi connectivity index (χ2n) is 5.38. The summed E-state index contributed by atoms with van der Waals surface area (Å²) in [7, 11) is 1.29. The van der Waals surface area contributed by atoms with Crippen LogP contribution < -0.4 is 14.8 Å². The highest BCUT2D eigenvalue weighted by atomic mass is 32.1. The molecule has 0 spiro atoms. The van der Waals surface area contributed by atoms with Crippen LogP contribution in [0.4, 0.5) is 5.13 Å². The van der Waals surface area contributed by atoms with E-state index in [9.17, 15) is 14.4 Å². The molecule has 10 heteroatoms. The third-order valence-electron chi connectivity index (χ3n) is 3.46. The van der Waals surface area contributed by atoms with Crippen molar-refractivity contribution in [3.63, 3.8) is 0 Å². The Balaban J connectivity index is 1.50. The SMILES string of the molecule is COC(=O)Cc1csc(NC(=O)COC(=O)c2ccc3c(c2)OCCO3)n1. The van der Waals surface area contributed by atoms with Gasteiger partial charge in [0.25, 0.3) is 5.91 Å². The van der Waals surface area contributed by atoms with Gasteiger partial charge in [0.2, 0.25) is 0 Å². The molecule has 27 heavy (non-hydrogen) atoms. The lowest BCUT2D eigenvalue weighted by Crippen LogP contribution is -2.21. The Hall–Kier alpha value is -3.14. The van der Waals surface area contributed by atoms with Crippen molar-refractivity contribution in [3.05, 3.63) is 34.8 Å². The van der Waals surface area contributed by atoms with Gasteiger partial charge in [-0.1, -0.05) is 0 Å². The summed E-state index contributed by atoms with van der Waals surface area (Å²) in [6, 6.07) is 4.66. The van der Waals surface area contributed by atoms with Gasteiger partial charge in [-0.3, -0.25) is 14.9 Å². The predicted molar refractivity (Wildman–Crippen MR) is 94.2 cm³/mol. The van der Waals surface area contributed by atoms with Crippen LogP contribution in [0.5, 0.6) is 11.5 Å². The molecule has 0 unspecified atom stereocenters. The number of esters is 2. The molecule has 0 fully saturated rings. The van der Waals surface area contributed by atoms with E-state index in [4.69, 9.17) is 14.2 Å². The normalized spacial score (nSPS) is 12.2. The molecule has 1 aliphatic rings. The fourth-order valence-electron chi connectivity index (χ4n) is 2.21. The number of thiazole rings is 1. The van der Waals surface area contributed by atoms with Gasteiger partial charge < -0.3 is 18.9 Å². The van der Waals surface area contributed by atoms with Crippen LogP contribution >= 0.6 is 11.3 Å². The summed E-state index contributed by atoms with van der Waals surface area (Å²) in [5, 5.41) is 4.44. The monoisotopic (exact) mass is 392 g/mol. The smallest absolute Gasteiger partial charge is 0.338 e. The van der Waals surface area contributed by atoms with Gasteiger partial charge in [0.1, 0.15) is 13.2 Å². The number of carbonyl (C=O) groups is 3. The van der Waals surface area contributed by atoms with Crippen molar-refractivity contribution in [1.29, 1.82) is 0 Å². The molecule has 1 N–H and O–H groups in total. The Bertz CT molecular complexity index is 865. The van der Waals surface area contributed by atoms with Crippen LogP contribution in [-0.2, 0) is 25.5 Å². The van der Waals surface area contributed by atoms with E-state index in [-0.39, 0.29) is 12.0 Å². The van der Waals surface area contributed by atoms with Crippen LogP contribution in [0, 0.1) is 0 Å². The number of amides is 1. The Kier molecular flexibility index (Phi) is 5.87. The lowest BCUT2D eigenvalue weighted by Gasteiger charge is -2.18. The number of methoxy groups -OCH3 is 1. The Morgan fingerprint density at radius 3 is 2.78 bits per heavy atom. The van der Waals surface area contributed by atoms with Crippen LogP contribution in [0.2, 0.25) is 0 Å². The molecule has 1 aromatic carbocycles. The van der Waals surface area contributed by atoms with Gasteiger partial charge in [0.05, 0.1) is 24.8 Å². The summed E-state index contributed by atoms with van der Waals surface area (Å²) in [6.07, 6.45) is 0.0158. The zero-order valence-corrected chi connectivity index (χ0v) is 15.2. The van der Waals surface area contributed by atoms with E-state index in [2.05, 4.69) is 15.0 Å². The largest absolute Gasteiger partial charge is 0.486 e. The van der Waals surface area contributed by atoms with E-state index >= 15 is 0 Å². The van der Waals surface area contributed by atoms with Crippen LogP contribution in [0.1, 0.15) is 16.1 Å². The summed E-state index contributed by atoms with van der Waals surface area (Å²) in [5.41, 5.74) is 0.733. The number of nitrogens with one attached hydrogen (secondary N) is 1. The number of rotatable bonds is 6. The molecule has 9 nitrogen and oxygen atoms in total. The summed E-state index contributed by atoms with van der Waals surface area (Å²) in [5.74, 6) is -0.609. The van der Waals surface area contributed by atoms with Gasteiger partial charge in [-0.2, -0.15) is 0 Å². The maximum absolute atomic E-state index is 12.1. The lowest BCUT2D eigenvalue weighted by molar-refractivity contribution is -0.139. The van der Waals surface area contributed by atoms with E-state index in [1.807, 2.05) is 0 Å². The van der Waals surface area contributed by atoms with Crippen molar-refractivity contribution in [2.45, 2.75) is 6.42 Å². The Morgan fingerprint density at radius 2 is 2.00 bits per heavy atom. The lowest BCUT2D eigenvalue weighted by atomic mass is 10.2. The topological polar surface area (TPSA) is 113 Å².